The lowest BCUT2D eigenvalue weighted by Crippen LogP contribution is -2.17. The number of aliphatic hydroxyl groups excluding tert-OH is 1. The number of halogens is 1. The fraction of sp³-hybridized carbons (Fsp3) is 0.167. The van der Waals surface area contributed by atoms with E-state index in [0.717, 1.165) is 21.7 Å². The highest BCUT2D eigenvalue weighted by atomic mass is 35.5. The van der Waals surface area contributed by atoms with Gasteiger partial charge < -0.3 is 9.67 Å². The van der Waals surface area contributed by atoms with Gasteiger partial charge in [-0.15, -0.1) is 11.3 Å². The van der Waals surface area contributed by atoms with Crippen LogP contribution >= 0.6 is 22.9 Å². The third-order valence-electron chi connectivity index (χ3n) is 3.52. The predicted molar refractivity (Wildman–Crippen MR) is 96.2 cm³/mol. The van der Waals surface area contributed by atoms with Crippen LogP contribution < -0.4 is 4.80 Å². The molecule has 0 saturated heterocycles. The SMILES string of the molecule is Cc1ccc(N=c2scc(-c3ccc(Cl)cc3)n2CCO)cc1. The normalized spacial score (nSPS) is 11.9. The first-order valence-corrected chi connectivity index (χ1v) is 8.59. The first-order chi connectivity index (χ1) is 11.2. The van der Waals surface area contributed by atoms with Crippen molar-refractivity contribution in [3.63, 3.8) is 0 Å². The van der Waals surface area contributed by atoms with Gasteiger partial charge in [-0.05, 0) is 36.8 Å². The molecule has 0 radical (unpaired) electrons. The fourth-order valence-corrected chi connectivity index (χ4v) is 3.40. The molecule has 23 heavy (non-hydrogen) atoms. The summed E-state index contributed by atoms with van der Waals surface area (Å²) in [6, 6.07) is 15.8. The quantitative estimate of drug-likeness (QED) is 0.748. The van der Waals surface area contributed by atoms with Gasteiger partial charge in [-0.25, -0.2) is 4.99 Å². The molecule has 3 aromatic rings. The molecule has 0 aliphatic rings. The van der Waals surface area contributed by atoms with Gasteiger partial charge >= 0.3 is 0 Å². The maximum atomic E-state index is 9.40. The van der Waals surface area contributed by atoms with Gasteiger partial charge in [0.25, 0.3) is 0 Å². The van der Waals surface area contributed by atoms with E-state index < -0.39 is 0 Å². The maximum absolute atomic E-state index is 9.40. The minimum atomic E-state index is 0.0679. The molecule has 0 atom stereocenters. The second-order valence-electron chi connectivity index (χ2n) is 5.23. The number of hydrogen-bond donors (Lipinski definition) is 1. The number of rotatable bonds is 4. The van der Waals surface area contributed by atoms with Crippen molar-refractivity contribution in [2.45, 2.75) is 13.5 Å². The number of benzene rings is 2. The van der Waals surface area contributed by atoms with E-state index in [9.17, 15) is 5.11 Å². The van der Waals surface area contributed by atoms with Crippen LogP contribution in [0.25, 0.3) is 11.3 Å². The molecular weight excluding hydrogens is 328 g/mol. The fourth-order valence-electron chi connectivity index (χ4n) is 2.32. The molecule has 1 aromatic heterocycles. The van der Waals surface area contributed by atoms with Gasteiger partial charge in [-0.2, -0.15) is 0 Å². The third kappa shape index (κ3) is 3.72. The lowest BCUT2D eigenvalue weighted by Gasteiger charge is -2.07. The van der Waals surface area contributed by atoms with Crippen LogP contribution in [0.15, 0.2) is 58.9 Å². The molecule has 0 bridgehead atoms. The zero-order chi connectivity index (χ0) is 16.2. The Morgan fingerprint density at radius 1 is 1.09 bits per heavy atom. The summed E-state index contributed by atoms with van der Waals surface area (Å²) in [6.45, 7) is 2.63. The van der Waals surface area contributed by atoms with E-state index in [0.29, 0.717) is 11.6 Å². The number of aryl methyl sites for hydroxylation is 1. The third-order valence-corrected chi connectivity index (χ3v) is 4.64. The standard InChI is InChI=1S/C18H17ClN2OS/c1-13-2-8-16(9-3-13)20-18-21(10-11-22)17(12-23-18)14-4-6-15(19)7-5-14/h2-9,12,22H,10-11H2,1H3. The summed E-state index contributed by atoms with van der Waals surface area (Å²) in [7, 11) is 0. The molecule has 5 heteroatoms. The van der Waals surface area contributed by atoms with Crippen molar-refractivity contribution in [3.8, 4) is 11.3 Å². The van der Waals surface area contributed by atoms with Crippen LogP contribution in [0.2, 0.25) is 5.02 Å². The van der Waals surface area contributed by atoms with Gasteiger partial charge in [-0.1, -0.05) is 41.4 Å². The van der Waals surface area contributed by atoms with Crippen LogP contribution in [-0.4, -0.2) is 16.3 Å². The van der Waals surface area contributed by atoms with Crippen molar-refractivity contribution in [1.82, 2.24) is 4.57 Å². The van der Waals surface area contributed by atoms with Crippen molar-refractivity contribution in [1.29, 1.82) is 0 Å². The van der Waals surface area contributed by atoms with Crippen LogP contribution in [0.1, 0.15) is 5.56 Å². The highest BCUT2D eigenvalue weighted by Crippen LogP contribution is 2.22. The average Bonchev–Trinajstić information content (AvgIpc) is 2.94. The molecule has 3 nitrogen and oxygen atoms in total. The number of aromatic nitrogens is 1. The summed E-state index contributed by atoms with van der Waals surface area (Å²) >= 11 is 7.53. The van der Waals surface area contributed by atoms with Crippen LogP contribution in [0.3, 0.4) is 0 Å². The van der Waals surface area contributed by atoms with Crippen molar-refractivity contribution in [2.75, 3.05) is 6.61 Å². The van der Waals surface area contributed by atoms with E-state index in [-0.39, 0.29) is 6.61 Å². The second kappa shape index (κ2) is 7.13. The molecule has 0 unspecified atom stereocenters. The van der Waals surface area contributed by atoms with Crippen molar-refractivity contribution in [2.24, 2.45) is 4.99 Å². The van der Waals surface area contributed by atoms with Gasteiger partial charge in [0.2, 0.25) is 0 Å². The lowest BCUT2D eigenvalue weighted by molar-refractivity contribution is 0.275. The Bertz CT molecular complexity index is 848. The molecule has 0 saturated carbocycles. The first kappa shape index (κ1) is 16.0. The Hall–Kier alpha value is -1.88. The van der Waals surface area contributed by atoms with Crippen molar-refractivity contribution in [3.05, 3.63) is 69.3 Å². The van der Waals surface area contributed by atoms with E-state index in [4.69, 9.17) is 16.6 Å². The summed E-state index contributed by atoms with van der Waals surface area (Å²) in [5.41, 5.74) is 4.21. The lowest BCUT2D eigenvalue weighted by atomic mass is 10.2. The van der Waals surface area contributed by atoms with E-state index in [1.54, 1.807) is 11.3 Å². The molecule has 118 valence electrons. The summed E-state index contributed by atoms with van der Waals surface area (Å²) in [5.74, 6) is 0. The Kier molecular flexibility index (Phi) is 4.96. The molecule has 0 amide bonds. The Morgan fingerprint density at radius 2 is 1.78 bits per heavy atom. The van der Waals surface area contributed by atoms with Crippen LogP contribution in [0.4, 0.5) is 5.69 Å². The van der Waals surface area contributed by atoms with Crippen molar-refractivity contribution >= 4 is 28.6 Å². The van der Waals surface area contributed by atoms with E-state index in [2.05, 4.69) is 12.3 Å². The summed E-state index contributed by atoms with van der Waals surface area (Å²) < 4.78 is 2.04. The maximum Gasteiger partial charge on any atom is 0.190 e. The number of thiazole rings is 1. The smallest absolute Gasteiger partial charge is 0.190 e. The van der Waals surface area contributed by atoms with E-state index in [1.165, 1.54) is 5.56 Å². The second-order valence-corrected chi connectivity index (χ2v) is 6.51. The molecule has 0 spiro atoms. The Morgan fingerprint density at radius 3 is 2.43 bits per heavy atom. The molecule has 3 rings (SSSR count). The molecule has 0 aliphatic carbocycles. The summed E-state index contributed by atoms with van der Waals surface area (Å²) in [5, 5.41) is 12.2. The van der Waals surface area contributed by atoms with Crippen LogP contribution in [-0.2, 0) is 6.54 Å². The summed E-state index contributed by atoms with van der Waals surface area (Å²) in [4.78, 5) is 5.58. The van der Waals surface area contributed by atoms with Gasteiger partial charge in [0.15, 0.2) is 4.80 Å². The average molecular weight is 345 g/mol. The zero-order valence-electron chi connectivity index (χ0n) is 12.7. The largest absolute Gasteiger partial charge is 0.395 e. The van der Waals surface area contributed by atoms with Gasteiger partial charge in [0.05, 0.1) is 18.0 Å². The van der Waals surface area contributed by atoms with Crippen LogP contribution in [0.5, 0.6) is 0 Å². The molecule has 0 aliphatic heterocycles. The molecule has 2 aromatic carbocycles. The predicted octanol–water partition coefficient (Wildman–Crippen LogP) is 4.40. The molecular formula is C18H17ClN2OS. The molecule has 1 heterocycles. The topological polar surface area (TPSA) is 37.5 Å². The monoisotopic (exact) mass is 344 g/mol. The zero-order valence-corrected chi connectivity index (χ0v) is 14.3. The number of hydrogen-bond acceptors (Lipinski definition) is 3. The summed E-state index contributed by atoms with van der Waals surface area (Å²) in [6.07, 6.45) is 0. The first-order valence-electron chi connectivity index (χ1n) is 7.34. The van der Waals surface area contributed by atoms with Gasteiger partial charge in [0.1, 0.15) is 0 Å². The molecule has 0 fully saturated rings. The Labute approximate surface area is 144 Å². The highest BCUT2D eigenvalue weighted by molar-refractivity contribution is 7.07. The number of aliphatic hydroxyl groups is 1. The van der Waals surface area contributed by atoms with Gasteiger partial charge in [-0.3, -0.25) is 0 Å². The van der Waals surface area contributed by atoms with E-state index in [1.807, 2.05) is 53.1 Å². The van der Waals surface area contributed by atoms with E-state index >= 15 is 0 Å². The molecule has 1 N–H and O–H groups in total. The van der Waals surface area contributed by atoms with Crippen molar-refractivity contribution < 1.29 is 5.11 Å². The Balaban J connectivity index is 2.08. The minimum Gasteiger partial charge on any atom is -0.395 e. The highest BCUT2D eigenvalue weighted by Gasteiger charge is 2.08. The number of nitrogens with zero attached hydrogens (tertiary/aromatic N) is 2. The minimum absolute atomic E-state index is 0.0679. The van der Waals surface area contributed by atoms with Crippen LogP contribution in [0, 0.1) is 6.92 Å². The van der Waals surface area contributed by atoms with Gasteiger partial charge in [0, 0.05) is 16.9 Å².